The van der Waals surface area contributed by atoms with E-state index in [4.69, 9.17) is 0 Å². The summed E-state index contributed by atoms with van der Waals surface area (Å²) in [5, 5.41) is 6.62. The molecule has 0 aromatic carbocycles. The molecule has 3 rings (SSSR count). The quantitative estimate of drug-likeness (QED) is 0.468. The largest absolute Gasteiger partial charge is 0.356 e. The van der Waals surface area contributed by atoms with Crippen molar-refractivity contribution in [3.63, 3.8) is 0 Å². The number of piperazine rings is 1. The Labute approximate surface area is 155 Å². The van der Waals surface area contributed by atoms with Crippen molar-refractivity contribution in [2.45, 2.75) is 25.3 Å². The molecule has 26 heavy (non-hydrogen) atoms. The maximum Gasteiger partial charge on any atom is 0.224 e. The van der Waals surface area contributed by atoms with Gasteiger partial charge in [0, 0.05) is 58.4 Å². The number of rotatable bonds is 5. The van der Waals surface area contributed by atoms with E-state index in [1.165, 1.54) is 0 Å². The molecule has 1 saturated heterocycles. The smallest absolute Gasteiger partial charge is 0.224 e. The number of hydrogen-bond acceptors (Lipinski definition) is 4. The number of amides is 1. The Kier molecular flexibility index (Phi) is 6.46. The molecule has 2 heterocycles. The number of carbonyl (C=O) groups is 1. The second kappa shape index (κ2) is 9.22. The van der Waals surface area contributed by atoms with E-state index in [0.29, 0.717) is 19.0 Å². The summed E-state index contributed by atoms with van der Waals surface area (Å²) in [7, 11) is 1.76. The van der Waals surface area contributed by atoms with E-state index in [1.807, 2.05) is 23.1 Å². The Morgan fingerprint density at radius 2 is 2.00 bits per heavy atom. The summed E-state index contributed by atoms with van der Waals surface area (Å²) in [5.74, 6) is 1.94. The number of pyridine rings is 1. The average molecular weight is 356 g/mol. The third kappa shape index (κ3) is 4.97. The molecular weight excluding hydrogens is 328 g/mol. The van der Waals surface area contributed by atoms with Crippen LogP contribution in [0.5, 0.6) is 0 Å². The molecule has 1 aliphatic carbocycles. The topological polar surface area (TPSA) is 72.9 Å². The van der Waals surface area contributed by atoms with Crippen molar-refractivity contribution in [3.8, 4) is 0 Å². The second-order valence-electron chi connectivity index (χ2n) is 6.59. The van der Waals surface area contributed by atoms with Gasteiger partial charge in [0.05, 0.1) is 0 Å². The van der Waals surface area contributed by atoms with Crippen LogP contribution in [0.3, 0.4) is 0 Å². The van der Waals surface area contributed by atoms with E-state index in [-0.39, 0.29) is 5.91 Å². The van der Waals surface area contributed by atoms with Gasteiger partial charge in [-0.25, -0.2) is 4.98 Å². The average Bonchev–Trinajstić information content (AvgIpc) is 3.21. The molecule has 1 fully saturated rings. The van der Waals surface area contributed by atoms with E-state index in [0.717, 1.165) is 50.8 Å². The molecule has 1 amide bonds. The zero-order valence-electron chi connectivity index (χ0n) is 15.4. The third-order valence-electron chi connectivity index (χ3n) is 4.81. The minimum Gasteiger partial charge on any atom is -0.356 e. The normalized spacial score (nSPS) is 18.3. The Morgan fingerprint density at radius 1 is 1.23 bits per heavy atom. The minimum atomic E-state index is 0.191. The van der Waals surface area contributed by atoms with Gasteiger partial charge < -0.3 is 20.4 Å². The number of carbonyl (C=O) groups excluding carboxylic acids is 1. The Hall–Kier alpha value is -2.57. The fourth-order valence-corrected chi connectivity index (χ4v) is 3.29. The Bertz CT molecular complexity index is 629. The number of aliphatic imine (C=N–C) groups is 1. The van der Waals surface area contributed by atoms with E-state index in [1.54, 1.807) is 13.2 Å². The van der Waals surface area contributed by atoms with E-state index in [2.05, 4.69) is 37.7 Å². The number of hydrogen-bond donors (Lipinski definition) is 2. The molecular formula is C19H28N6O. The van der Waals surface area contributed by atoms with E-state index >= 15 is 0 Å². The lowest BCUT2D eigenvalue weighted by Gasteiger charge is -2.35. The highest BCUT2D eigenvalue weighted by Gasteiger charge is 2.21. The van der Waals surface area contributed by atoms with Crippen LogP contribution in [-0.4, -0.2) is 67.6 Å². The van der Waals surface area contributed by atoms with Crippen LogP contribution in [0.1, 0.15) is 19.3 Å². The predicted octanol–water partition coefficient (Wildman–Crippen LogP) is 1.00. The molecule has 7 heteroatoms. The van der Waals surface area contributed by atoms with Crippen molar-refractivity contribution in [1.29, 1.82) is 0 Å². The third-order valence-corrected chi connectivity index (χ3v) is 4.81. The molecule has 1 aromatic rings. The van der Waals surface area contributed by atoms with Gasteiger partial charge in [0.15, 0.2) is 5.96 Å². The van der Waals surface area contributed by atoms with Crippen LogP contribution in [-0.2, 0) is 4.79 Å². The van der Waals surface area contributed by atoms with Crippen LogP contribution in [0, 0.1) is 0 Å². The molecule has 0 bridgehead atoms. The van der Waals surface area contributed by atoms with Crippen LogP contribution in [0.2, 0.25) is 0 Å². The van der Waals surface area contributed by atoms with Gasteiger partial charge in [-0.05, 0) is 25.0 Å². The summed E-state index contributed by atoms with van der Waals surface area (Å²) in [5.41, 5.74) is 0. The maximum atomic E-state index is 12.4. The molecule has 1 aliphatic heterocycles. The number of nitrogens with zero attached hydrogens (tertiary/aromatic N) is 4. The lowest BCUT2D eigenvalue weighted by atomic mass is 10.2. The van der Waals surface area contributed by atoms with Gasteiger partial charge in [0.2, 0.25) is 5.91 Å². The first-order chi connectivity index (χ1) is 12.8. The summed E-state index contributed by atoms with van der Waals surface area (Å²) in [4.78, 5) is 25.2. The van der Waals surface area contributed by atoms with Crippen molar-refractivity contribution in [2.24, 2.45) is 4.99 Å². The first-order valence-corrected chi connectivity index (χ1v) is 9.32. The monoisotopic (exact) mass is 356 g/mol. The lowest BCUT2D eigenvalue weighted by molar-refractivity contribution is -0.131. The fourth-order valence-electron chi connectivity index (χ4n) is 3.29. The fraction of sp³-hybridized carbons (Fsp3) is 0.526. The van der Waals surface area contributed by atoms with Crippen LogP contribution in [0.25, 0.3) is 0 Å². The molecule has 7 nitrogen and oxygen atoms in total. The minimum absolute atomic E-state index is 0.191. The van der Waals surface area contributed by atoms with E-state index < -0.39 is 0 Å². The van der Waals surface area contributed by atoms with Crippen LogP contribution in [0.15, 0.2) is 41.5 Å². The van der Waals surface area contributed by atoms with Crippen molar-refractivity contribution < 1.29 is 4.79 Å². The van der Waals surface area contributed by atoms with Gasteiger partial charge >= 0.3 is 0 Å². The molecule has 2 aliphatic rings. The summed E-state index contributed by atoms with van der Waals surface area (Å²) in [6, 6.07) is 6.34. The first-order valence-electron chi connectivity index (χ1n) is 9.32. The molecule has 0 spiro atoms. The van der Waals surface area contributed by atoms with Crippen molar-refractivity contribution in [2.75, 3.05) is 44.7 Å². The lowest BCUT2D eigenvalue weighted by Crippen LogP contribution is -2.50. The highest BCUT2D eigenvalue weighted by atomic mass is 16.2. The van der Waals surface area contributed by atoms with Crippen molar-refractivity contribution in [1.82, 2.24) is 20.5 Å². The van der Waals surface area contributed by atoms with Gasteiger partial charge in [-0.3, -0.25) is 9.79 Å². The zero-order valence-corrected chi connectivity index (χ0v) is 15.4. The number of aromatic nitrogens is 1. The van der Waals surface area contributed by atoms with Gasteiger partial charge in [0.25, 0.3) is 0 Å². The number of guanidine groups is 1. The van der Waals surface area contributed by atoms with Gasteiger partial charge in [-0.2, -0.15) is 0 Å². The maximum absolute atomic E-state index is 12.4. The van der Waals surface area contributed by atoms with Crippen LogP contribution < -0.4 is 15.5 Å². The molecule has 0 radical (unpaired) electrons. The molecule has 1 aromatic heterocycles. The first kappa shape index (κ1) is 18.2. The van der Waals surface area contributed by atoms with E-state index in [9.17, 15) is 4.79 Å². The summed E-state index contributed by atoms with van der Waals surface area (Å²) in [6.07, 6.45) is 8.70. The molecule has 0 unspecified atom stereocenters. The molecule has 0 saturated carbocycles. The summed E-state index contributed by atoms with van der Waals surface area (Å²) >= 11 is 0. The predicted molar refractivity (Wildman–Crippen MR) is 104 cm³/mol. The highest BCUT2D eigenvalue weighted by molar-refractivity contribution is 5.81. The standard InChI is InChI=1S/C19H28N6O/c1-20-19(23-16-6-2-3-7-16)22-11-9-18(26)25-14-12-24(13-15-25)17-8-4-5-10-21-17/h2-5,8,10,16H,6-7,9,11-15H2,1H3,(H2,20,22,23). The number of nitrogens with one attached hydrogen (secondary N) is 2. The van der Waals surface area contributed by atoms with Crippen molar-refractivity contribution in [3.05, 3.63) is 36.5 Å². The zero-order chi connectivity index (χ0) is 18.2. The van der Waals surface area contributed by atoms with Gasteiger partial charge in [-0.15, -0.1) is 0 Å². The molecule has 140 valence electrons. The summed E-state index contributed by atoms with van der Waals surface area (Å²) in [6.45, 7) is 3.74. The molecule has 0 atom stereocenters. The number of anilines is 1. The van der Waals surface area contributed by atoms with Crippen LogP contribution >= 0.6 is 0 Å². The van der Waals surface area contributed by atoms with Gasteiger partial charge in [-0.1, -0.05) is 18.2 Å². The van der Waals surface area contributed by atoms with Gasteiger partial charge in [0.1, 0.15) is 5.82 Å². The summed E-state index contributed by atoms with van der Waals surface area (Å²) < 4.78 is 0. The SMILES string of the molecule is CN=C(NCCC(=O)N1CCN(c2ccccn2)CC1)NC1CC=CC1. The van der Waals surface area contributed by atoms with Crippen LogP contribution in [0.4, 0.5) is 5.82 Å². The highest BCUT2D eigenvalue weighted by Crippen LogP contribution is 2.13. The molecule has 2 N–H and O–H groups in total. The Balaban J connectivity index is 1.36. The van der Waals surface area contributed by atoms with Crippen molar-refractivity contribution >= 4 is 17.7 Å². The second-order valence-corrected chi connectivity index (χ2v) is 6.59. The Morgan fingerprint density at radius 3 is 2.65 bits per heavy atom.